The van der Waals surface area contributed by atoms with Crippen molar-refractivity contribution in [2.45, 2.75) is 51.0 Å². The Bertz CT molecular complexity index is 1460. The van der Waals surface area contributed by atoms with E-state index < -0.39 is 29.8 Å². The van der Waals surface area contributed by atoms with Crippen LogP contribution in [0, 0.1) is 0 Å². The van der Waals surface area contributed by atoms with Gasteiger partial charge in [0.2, 0.25) is 0 Å². The molecule has 1 aromatic heterocycles. The summed E-state index contributed by atoms with van der Waals surface area (Å²) in [5.74, 6) is -0.689. The van der Waals surface area contributed by atoms with Gasteiger partial charge in [-0.05, 0) is 43.5 Å². The van der Waals surface area contributed by atoms with Crippen LogP contribution < -0.4 is 5.32 Å². The largest absolute Gasteiger partial charge is 0.443 e. The summed E-state index contributed by atoms with van der Waals surface area (Å²) >= 11 is 0. The number of carbonyl (C=O) groups excluding carboxylic acids is 2. The summed E-state index contributed by atoms with van der Waals surface area (Å²) in [5.41, 5.74) is 2.64. The van der Waals surface area contributed by atoms with Gasteiger partial charge < -0.3 is 19.5 Å². The second-order valence-corrected chi connectivity index (χ2v) is 10.9. The quantitative estimate of drug-likeness (QED) is 0.207. The van der Waals surface area contributed by atoms with E-state index in [1.54, 1.807) is 12.3 Å². The van der Waals surface area contributed by atoms with Crippen LogP contribution in [0.1, 0.15) is 49.5 Å². The molecule has 7 nitrogen and oxygen atoms in total. The van der Waals surface area contributed by atoms with Crippen molar-refractivity contribution in [3.05, 3.63) is 120 Å². The third-order valence-corrected chi connectivity index (χ3v) is 6.69. The highest BCUT2D eigenvalue weighted by Gasteiger charge is 2.30. The first kappa shape index (κ1) is 29.8. The van der Waals surface area contributed by atoms with E-state index in [1.165, 1.54) is 11.7 Å². The molecule has 0 aliphatic rings. The molecule has 0 spiro atoms. The van der Waals surface area contributed by atoms with Gasteiger partial charge in [-0.15, -0.1) is 6.58 Å². The average Bonchev–Trinajstić information content (AvgIpc) is 3.34. The summed E-state index contributed by atoms with van der Waals surface area (Å²) in [6.07, 6.45) is 2.27. The van der Waals surface area contributed by atoms with Crippen molar-refractivity contribution >= 4 is 22.9 Å². The van der Waals surface area contributed by atoms with E-state index in [-0.39, 0.29) is 12.5 Å². The molecule has 0 saturated carbocycles. The Morgan fingerprint density at radius 3 is 2.22 bits per heavy atom. The lowest BCUT2D eigenvalue weighted by atomic mass is 9.91. The Morgan fingerprint density at radius 2 is 1.59 bits per heavy atom. The highest BCUT2D eigenvalue weighted by Crippen LogP contribution is 2.32. The van der Waals surface area contributed by atoms with Gasteiger partial charge in [-0.25, -0.2) is 4.79 Å². The topological polar surface area (TPSA) is 78.8 Å². The summed E-state index contributed by atoms with van der Waals surface area (Å²) in [6, 6.07) is 26.3. The number of aromatic nitrogens is 1. The van der Waals surface area contributed by atoms with Crippen molar-refractivity contribution in [2.24, 2.45) is 0 Å². The van der Waals surface area contributed by atoms with E-state index in [4.69, 9.17) is 14.2 Å². The van der Waals surface area contributed by atoms with Gasteiger partial charge in [0.1, 0.15) is 5.60 Å². The number of rotatable bonds is 11. The standard InChI is InChI=1S/C34H38N2O5/c1-6-26(28-21-36(33(38)41-34(2,3)4)30-20-14-13-19-27(28)30)29(23-40-22-24-15-9-7-10-16-24)35-32(37)31(39-5)25-17-11-8-12-18-25/h6-21,26,29,31H,1,22-23H2,2-5H3,(H,35,37)/t26?,29-,31-/m0/s1. The van der Waals surface area contributed by atoms with Crippen LogP contribution in [-0.4, -0.2) is 41.9 Å². The van der Waals surface area contributed by atoms with Crippen LogP contribution in [0.2, 0.25) is 0 Å². The van der Waals surface area contributed by atoms with Crippen LogP contribution in [0.25, 0.3) is 10.9 Å². The minimum absolute atomic E-state index is 0.203. The molecule has 1 amide bonds. The second kappa shape index (κ2) is 13.4. The first-order valence-corrected chi connectivity index (χ1v) is 13.7. The Morgan fingerprint density at radius 1 is 0.951 bits per heavy atom. The van der Waals surface area contributed by atoms with E-state index >= 15 is 0 Å². The van der Waals surface area contributed by atoms with Crippen molar-refractivity contribution in [2.75, 3.05) is 13.7 Å². The lowest BCUT2D eigenvalue weighted by molar-refractivity contribution is -0.132. The van der Waals surface area contributed by atoms with Crippen molar-refractivity contribution in [1.29, 1.82) is 0 Å². The highest BCUT2D eigenvalue weighted by atomic mass is 16.6. The van der Waals surface area contributed by atoms with Gasteiger partial charge in [0.15, 0.2) is 6.10 Å². The number of amides is 1. The van der Waals surface area contributed by atoms with Crippen LogP contribution in [-0.2, 0) is 25.6 Å². The number of ether oxygens (including phenoxy) is 3. The first-order chi connectivity index (χ1) is 19.7. The van der Waals surface area contributed by atoms with E-state index in [1.807, 2.05) is 106 Å². The first-order valence-electron chi connectivity index (χ1n) is 13.7. The van der Waals surface area contributed by atoms with Gasteiger partial charge in [-0.2, -0.15) is 0 Å². The van der Waals surface area contributed by atoms with Gasteiger partial charge in [-0.3, -0.25) is 9.36 Å². The molecule has 0 aliphatic carbocycles. The molecule has 0 bridgehead atoms. The molecular formula is C34H38N2O5. The summed E-state index contributed by atoms with van der Waals surface area (Å²) in [7, 11) is 1.51. The van der Waals surface area contributed by atoms with Crippen molar-refractivity contribution in [3.63, 3.8) is 0 Å². The van der Waals surface area contributed by atoms with E-state index in [2.05, 4.69) is 11.9 Å². The number of fused-ring (bicyclic) bond motifs is 1. The number of nitrogens with one attached hydrogen (secondary N) is 1. The second-order valence-electron chi connectivity index (χ2n) is 10.9. The fourth-order valence-electron chi connectivity index (χ4n) is 4.84. The Hall–Kier alpha value is -4.20. The fraction of sp³-hybridized carbons (Fsp3) is 0.294. The van der Waals surface area contributed by atoms with Gasteiger partial charge in [0, 0.05) is 24.6 Å². The summed E-state index contributed by atoms with van der Waals surface area (Å²) in [4.78, 5) is 26.8. The van der Waals surface area contributed by atoms with Gasteiger partial charge >= 0.3 is 6.09 Å². The lowest BCUT2D eigenvalue weighted by Gasteiger charge is -2.28. The zero-order valence-corrected chi connectivity index (χ0v) is 24.1. The third-order valence-electron chi connectivity index (χ3n) is 6.69. The number of hydrogen-bond donors (Lipinski definition) is 1. The summed E-state index contributed by atoms with van der Waals surface area (Å²) < 4.78 is 18.9. The monoisotopic (exact) mass is 554 g/mol. The fourth-order valence-corrected chi connectivity index (χ4v) is 4.84. The minimum atomic E-state index is -0.804. The Labute approximate surface area is 241 Å². The Kier molecular flexibility index (Phi) is 9.76. The molecule has 3 atom stereocenters. The summed E-state index contributed by atoms with van der Waals surface area (Å²) in [6.45, 7) is 10.2. The van der Waals surface area contributed by atoms with E-state index in [0.717, 1.165) is 22.1 Å². The normalized spacial score (nSPS) is 13.8. The van der Waals surface area contributed by atoms with Crippen LogP contribution >= 0.6 is 0 Å². The maximum absolute atomic E-state index is 13.6. The molecule has 4 rings (SSSR count). The molecule has 0 radical (unpaired) electrons. The summed E-state index contributed by atoms with van der Waals surface area (Å²) in [5, 5.41) is 4.02. The highest BCUT2D eigenvalue weighted by molar-refractivity contribution is 5.93. The molecule has 1 N–H and O–H groups in total. The number of hydrogen-bond acceptors (Lipinski definition) is 5. The molecule has 1 unspecified atom stereocenters. The van der Waals surface area contributed by atoms with E-state index in [0.29, 0.717) is 12.1 Å². The number of methoxy groups -OCH3 is 1. The van der Waals surface area contributed by atoms with Crippen molar-refractivity contribution in [3.8, 4) is 0 Å². The molecule has 41 heavy (non-hydrogen) atoms. The zero-order valence-electron chi connectivity index (χ0n) is 24.1. The average molecular weight is 555 g/mol. The smallest absolute Gasteiger partial charge is 0.419 e. The van der Waals surface area contributed by atoms with E-state index in [9.17, 15) is 9.59 Å². The molecule has 214 valence electrons. The van der Waals surface area contributed by atoms with Crippen LogP contribution in [0.5, 0.6) is 0 Å². The molecule has 0 aliphatic heterocycles. The van der Waals surface area contributed by atoms with Crippen molar-refractivity contribution < 1.29 is 23.8 Å². The van der Waals surface area contributed by atoms with Crippen LogP contribution in [0.4, 0.5) is 4.79 Å². The predicted molar refractivity (Wildman–Crippen MR) is 161 cm³/mol. The number of para-hydroxylation sites is 1. The molecule has 4 aromatic rings. The number of carbonyl (C=O) groups is 2. The molecular weight excluding hydrogens is 516 g/mol. The Balaban J connectivity index is 1.68. The minimum Gasteiger partial charge on any atom is -0.443 e. The maximum Gasteiger partial charge on any atom is 0.419 e. The number of benzene rings is 3. The molecule has 0 saturated heterocycles. The van der Waals surface area contributed by atoms with Crippen LogP contribution in [0.15, 0.2) is 104 Å². The molecule has 1 heterocycles. The molecule has 0 fully saturated rings. The lowest BCUT2D eigenvalue weighted by Crippen LogP contribution is -2.44. The van der Waals surface area contributed by atoms with Gasteiger partial charge in [-0.1, -0.05) is 84.9 Å². The molecule has 3 aromatic carbocycles. The zero-order chi connectivity index (χ0) is 29.4. The van der Waals surface area contributed by atoms with Crippen LogP contribution in [0.3, 0.4) is 0 Å². The van der Waals surface area contributed by atoms with Crippen molar-refractivity contribution in [1.82, 2.24) is 9.88 Å². The maximum atomic E-state index is 13.6. The van der Waals surface area contributed by atoms with Gasteiger partial charge in [0.25, 0.3) is 5.91 Å². The molecule has 7 heteroatoms. The third kappa shape index (κ3) is 7.51. The SMILES string of the molecule is C=CC(c1cn(C(=O)OC(C)(C)C)c2ccccc12)[C@H](COCc1ccccc1)NC(=O)[C@@H](OC)c1ccccc1. The number of nitrogens with zero attached hydrogens (tertiary/aromatic N) is 1. The predicted octanol–water partition coefficient (Wildman–Crippen LogP) is 6.78. The van der Waals surface area contributed by atoms with Gasteiger partial charge in [0.05, 0.1) is 24.8 Å².